The van der Waals surface area contributed by atoms with Gasteiger partial charge in [-0.05, 0) is 37.5 Å². The van der Waals surface area contributed by atoms with E-state index in [0.29, 0.717) is 5.88 Å². The predicted octanol–water partition coefficient (Wildman–Crippen LogP) is 5.05. The van der Waals surface area contributed by atoms with Gasteiger partial charge in [0.1, 0.15) is 0 Å². The molecule has 0 atom stereocenters. The molecule has 0 heterocycles. The van der Waals surface area contributed by atoms with Crippen LogP contribution in [0, 0.1) is 0 Å². The summed E-state index contributed by atoms with van der Waals surface area (Å²) in [6.45, 7) is 19.8. The van der Waals surface area contributed by atoms with Crippen molar-refractivity contribution in [2.24, 2.45) is 0 Å². The fourth-order valence-corrected chi connectivity index (χ4v) is 1.45. The molecule has 0 aromatic heterocycles. The average Bonchev–Trinajstić information content (AvgIpc) is 2.20. The Kier molecular flexibility index (Phi) is 10.4. The van der Waals surface area contributed by atoms with Gasteiger partial charge in [0.25, 0.3) is 0 Å². The fraction of sp³-hybridized carbons (Fsp3) is 0.286. The van der Waals surface area contributed by atoms with E-state index in [1.807, 2.05) is 32.9 Å². The summed E-state index contributed by atoms with van der Waals surface area (Å²) in [4.78, 5) is 0. The first kappa shape index (κ1) is 16.4. The molecule has 0 N–H and O–H groups in total. The Bertz CT molecular complexity index is 280. The van der Waals surface area contributed by atoms with Crippen LogP contribution < -0.4 is 0 Å². The van der Waals surface area contributed by atoms with Crippen molar-refractivity contribution in [1.29, 1.82) is 0 Å². The second-order valence-electron chi connectivity index (χ2n) is 3.08. The van der Waals surface area contributed by atoms with Crippen LogP contribution in [0.4, 0.5) is 0 Å². The standard InChI is InChI=1S/C12H17Cl.C2H4/c1-6-7-10(4)12(9(2)3)11(5)8-13;1-2/h6-7H,2,5,8H2,1,3-4H3;1-2H2/b7-6-,12-10+;. The third-order valence-electron chi connectivity index (χ3n) is 1.75. The van der Waals surface area contributed by atoms with Crippen LogP contribution in [0.5, 0.6) is 0 Å². The molecular weight excluding hydrogens is 204 g/mol. The first-order valence-corrected chi connectivity index (χ1v) is 5.31. The van der Waals surface area contributed by atoms with E-state index in [4.69, 9.17) is 11.6 Å². The third-order valence-corrected chi connectivity index (χ3v) is 2.08. The number of hydrogen-bond acceptors (Lipinski definition) is 0. The topological polar surface area (TPSA) is 0 Å². The van der Waals surface area contributed by atoms with Gasteiger partial charge in [0, 0.05) is 5.88 Å². The van der Waals surface area contributed by atoms with Crippen LogP contribution >= 0.6 is 11.6 Å². The van der Waals surface area contributed by atoms with E-state index in [1.165, 1.54) is 5.57 Å². The van der Waals surface area contributed by atoms with E-state index in [2.05, 4.69) is 26.3 Å². The second-order valence-corrected chi connectivity index (χ2v) is 3.34. The second kappa shape index (κ2) is 9.54. The summed E-state index contributed by atoms with van der Waals surface area (Å²) in [5.74, 6) is 0.455. The van der Waals surface area contributed by atoms with E-state index in [9.17, 15) is 0 Å². The van der Waals surface area contributed by atoms with Gasteiger partial charge < -0.3 is 0 Å². The lowest BCUT2D eigenvalue weighted by Crippen LogP contribution is -1.94. The first-order valence-electron chi connectivity index (χ1n) is 4.78. The van der Waals surface area contributed by atoms with Crippen molar-refractivity contribution in [3.05, 3.63) is 60.8 Å². The maximum atomic E-state index is 5.74. The molecule has 0 bridgehead atoms. The van der Waals surface area contributed by atoms with Crippen molar-refractivity contribution in [1.82, 2.24) is 0 Å². The SMILES string of the molecule is C=C.C=C(C)/C(C(=C)CCl)=C(C)\C=C/C. The summed E-state index contributed by atoms with van der Waals surface area (Å²) in [6.07, 6.45) is 4.04. The molecule has 0 rings (SSSR count). The van der Waals surface area contributed by atoms with Gasteiger partial charge in [0.2, 0.25) is 0 Å². The van der Waals surface area contributed by atoms with E-state index >= 15 is 0 Å². The number of hydrogen-bond donors (Lipinski definition) is 0. The molecule has 84 valence electrons. The maximum Gasteiger partial charge on any atom is 0.0474 e. The van der Waals surface area contributed by atoms with E-state index < -0.39 is 0 Å². The van der Waals surface area contributed by atoms with Crippen LogP contribution in [-0.4, -0.2) is 5.88 Å². The smallest absolute Gasteiger partial charge is 0.0474 e. The minimum atomic E-state index is 0.455. The van der Waals surface area contributed by atoms with Crippen LogP contribution in [0.15, 0.2) is 60.8 Å². The molecule has 15 heavy (non-hydrogen) atoms. The lowest BCUT2D eigenvalue weighted by Gasteiger charge is -2.10. The van der Waals surface area contributed by atoms with E-state index in [0.717, 1.165) is 16.7 Å². The lowest BCUT2D eigenvalue weighted by atomic mass is 9.97. The highest BCUT2D eigenvalue weighted by molar-refractivity contribution is 6.19. The molecule has 0 saturated carbocycles. The monoisotopic (exact) mass is 224 g/mol. The van der Waals surface area contributed by atoms with Crippen molar-refractivity contribution in [3.8, 4) is 0 Å². The van der Waals surface area contributed by atoms with Crippen molar-refractivity contribution < 1.29 is 0 Å². The van der Waals surface area contributed by atoms with Crippen molar-refractivity contribution >= 4 is 11.6 Å². The molecule has 0 amide bonds. The highest BCUT2D eigenvalue weighted by Crippen LogP contribution is 2.22. The van der Waals surface area contributed by atoms with E-state index in [1.54, 1.807) is 0 Å². The molecule has 0 spiro atoms. The number of allylic oxidation sites excluding steroid dienone is 6. The molecule has 0 aliphatic heterocycles. The zero-order chi connectivity index (χ0) is 12.4. The highest BCUT2D eigenvalue weighted by atomic mass is 35.5. The Labute approximate surface area is 99.3 Å². The molecular formula is C14H21Cl. The Balaban J connectivity index is 0. The number of alkyl halides is 1. The number of rotatable bonds is 4. The minimum absolute atomic E-state index is 0.455. The van der Waals surface area contributed by atoms with Crippen LogP contribution in [0.1, 0.15) is 20.8 Å². The highest BCUT2D eigenvalue weighted by Gasteiger charge is 2.04. The Hall–Kier alpha value is -1.01. The molecule has 0 radical (unpaired) electrons. The van der Waals surface area contributed by atoms with Gasteiger partial charge in [-0.1, -0.05) is 30.9 Å². The molecule has 0 aliphatic rings. The van der Waals surface area contributed by atoms with Crippen molar-refractivity contribution in [3.63, 3.8) is 0 Å². The molecule has 0 saturated heterocycles. The Morgan fingerprint density at radius 1 is 1.20 bits per heavy atom. The van der Waals surface area contributed by atoms with Crippen molar-refractivity contribution in [2.45, 2.75) is 20.8 Å². The number of halogens is 1. The summed E-state index contributed by atoms with van der Waals surface area (Å²) in [5.41, 5.74) is 4.21. The Morgan fingerprint density at radius 2 is 1.67 bits per heavy atom. The van der Waals surface area contributed by atoms with Gasteiger partial charge in [0.05, 0.1) is 0 Å². The first-order chi connectivity index (χ1) is 7.04. The Morgan fingerprint density at radius 3 is 1.93 bits per heavy atom. The molecule has 0 aromatic rings. The molecule has 0 fully saturated rings. The summed E-state index contributed by atoms with van der Waals surface area (Å²) in [7, 11) is 0. The largest absolute Gasteiger partial charge is 0.122 e. The summed E-state index contributed by atoms with van der Waals surface area (Å²) >= 11 is 5.74. The zero-order valence-corrected chi connectivity index (χ0v) is 10.8. The fourth-order valence-electron chi connectivity index (χ4n) is 1.32. The quantitative estimate of drug-likeness (QED) is 0.356. The van der Waals surface area contributed by atoms with Gasteiger partial charge in [0.15, 0.2) is 0 Å². The van der Waals surface area contributed by atoms with Crippen LogP contribution in [0.25, 0.3) is 0 Å². The molecule has 0 nitrogen and oxygen atoms in total. The zero-order valence-electron chi connectivity index (χ0n) is 10.1. The predicted molar refractivity (Wildman–Crippen MR) is 73.4 cm³/mol. The summed E-state index contributed by atoms with van der Waals surface area (Å²) in [5, 5.41) is 0. The molecule has 0 aliphatic carbocycles. The minimum Gasteiger partial charge on any atom is -0.122 e. The van der Waals surface area contributed by atoms with Crippen LogP contribution in [0.2, 0.25) is 0 Å². The molecule has 0 unspecified atom stereocenters. The van der Waals surface area contributed by atoms with Gasteiger partial charge in [-0.25, -0.2) is 0 Å². The summed E-state index contributed by atoms with van der Waals surface area (Å²) in [6, 6.07) is 0. The van der Waals surface area contributed by atoms with Crippen LogP contribution in [-0.2, 0) is 0 Å². The summed E-state index contributed by atoms with van der Waals surface area (Å²) < 4.78 is 0. The van der Waals surface area contributed by atoms with Gasteiger partial charge in [-0.15, -0.1) is 24.8 Å². The third kappa shape index (κ3) is 6.14. The molecule has 1 heteroatoms. The molecule has 0 aromatic carbocycles. The average molecular weight is 225 g/mol. The van der Waals surface area contributed by atoms with Gasteiger partial charge in [-0.3, -0.25) is 0 Å². The van der Waals surface area contributed by atoms with Gasteiger partial charge in [-0.2, -0.15) is 0 Å². The van der Waals surface area contributed by atoms with E-state index in [-0.39, 0.29) is 0 Å². The van der Waals surface area contributed by atoms with Crippen molar-refractivity contribution in [2.75, 3.05) is 5.88 Å². The van der Waals surface area contributed by atoms with Crippen LogP contribution in [0.3, 0.4) is 0 Å². The van der Waals surface area contributed by atoms with Gasteiger partial charge >= 0.3 is 0 Å². The maximum absolute atomic E-state index is 5.74. The normalized spacial score (nSPS) is 11.5. The lowest BCUT2D eigenvalue weighted by molar-refractivity contribution is 1.28.